The number of esters is 7. The van der Waals surface area contributed by atoms with Gasteiger partial charge in [0, 0.05) is 39.0 Å². The Balaban J connectivity index is 0.000000529. The van der Waals surface area contributed by atoms with Gasteiger partial charge >= 0.3 is 41.8 Å². The molecule has 8 fully saturated rings. The molecule has 0 aromatic rings. The summed E-state index contributed by atoms with van der Waals surface area (Å²) < 4.78 is 37.7. The van der Waals surface area contributed by atoms with Crippen molar-refractivity contribution in [1.29, 1.82) is 0 Å². The van der Waals surface area contributed by atoms with E-state index in [1.165, 1.54) is 96.3 Å². The molecule has 0 N–H and O–H groups in total. The molecule has 8 aliphatic carbocycles. The summed E-state index contributed by atoms with van der Waals surface area (Å²) in [6.45, 7) is 58.4. The van der Waals surface area contributed by atoms with E-state index in [-0.39, 0.29) is 75.4 Å². The van der Waals surface area contributed by atoms with Crippen LogP contribution in [0.2, 0.25) is 0 Å². The number of rotatable bonds is 16. The lowest BCUT2D eigenvalue weighted by Gasteiger charge is -2.59. The summed E-state index contributed by atoms with van der Waals surface area (Å²) in [7, 11) is 0. The van der Waals surface area contributed by atoms with Crippen LogP contribution >= 0.6 is 0 Å². The molecule has 8 rings (SSSR count). The summed E-state index contributed by atoms with van der Waals surface area (Å²) in [5.41, 5.74) is 1.63. The van der Waals surface area contributed by atoms with Gasteiger partial charge in [-0.2, -0.15) is 0 Å². The number of hydrogen-bond acceptors (Lipinski definition) is 14. The minimum atomic E-state index is -0.407. The van der Waals surface area contributed by atoms with Crippen LogP contribution in [0.25, 0.3) is 0 Å². The molecule has 0 aliphatic heterocycles. The number of hydrogen-bond donors (Lipinski definition) is 0. The highest BCUT2D eigenvalue weighted by Gasteiger charge is 2.57. The summed E-state index contributed by atoms with van der Waals surface area (Å²) in [6, 6.07) is 0. The van der Waals surface area contributed by atoms with Gasteiger partial charge in [0.2, 0.25) is 0 Å². The first-order chi connectivity index (χ1) is 41.5. The zero-order valence-electron chi connectivity index (χ0n) is 59.9. The zero-order valence-corrected chi connectivity index (χ0v) is 59.9. The van der Waals surface area contributed by atoms with Gasteiger partial charge in [-0.25, -0.2) is 33.6 Å². The molecule has 0 atom stereocenters. The van der Waals surface area contributed by atoms with Gasteiger partial charge < -0.3 is 33.2 Å². The maximum atomic E-state index is 11.8. The largest absolute Gasteiger partial charge is 0.457 e. The second-order valence-electron chi connectivity index (χ2n) is 29.4. The third kappa shape index (κ3) is 29.4. The Hall–Kier alpha value is -5.53. The fourth-order valence-corrected chi connectivity index (χ4v) is 12.4. The zero-order chi connectivity index (χ0) is 69.2. The van der Waals surface area contributed by atoms with Gasteiger partial charge in [0.05, 0.1) is 0 Å². The topological polar surface area (TPSA) is 184 Å². The highest BCUT2D eigenvalue weighted by Crippen LogP contribution is 2.59. The Bertz CT molecular complexity index is 2460. The molecule has 0 heterocycles. The summed E-state index contributed by atoms with van der Waals surface area (Å²) >= 11 is 0. The van der Waals surface area contributed by atoms with Crippen molar-refractivity contribution in [3.8, 4) is 0 Å². The Labute approximate surface area is 545 Å². The van der Waals surface area contributed by atoms with E-state index >= 15 is 0 Å². The van der Waals surface area contributed by atoms with Crippen molar-refractivity contribution < 1.29 is 66.7 Å². The lowest BCUT2D eigenvalue weighted by molar-refractivity contribution is -0.199. The summed E-state index contributed by atoms with van der Waals surface area (Å²) in [5, 5.41) is 0. The molecule has 8 aliphatic rings. The molecule has 14 heteroatoms. The first kappa shape index (κ1) is 82.5. The second kappa shape index (κ2) is 37.2. The van der Waals surface area contributed by atoms with E-state index in [1.54, 1.807) is 48.5 Å². The molecule has 0 spiro atoms. The van der Waals surface area contributed by atoms with E-state index < -0.39 is 5.60 Å². The van der Waals surface area contributed by atoms with Crippen molar-refractivity contribution in [2.45, 2.75) is 331 Å². The molecule has 0 aromatic carbocycles. The van der Waals surface area contributed by atoms with Gasteiger partial charge in [-0.1, -0.05) is 79.7 Å². The Morgan fingerprint density at radius 2 is 0.611 bits per heavy atom. The standard InChI is InChI=1S/C15H22O2.C12H20O2.2C11H18O2.C10H16O2.C9H16O2.C8H14O2/c1-9(2)14(16)17-15(3)12-5-10-4-11(7-12)8-13(15)6-10;1-4-12(8-6-5-7-9-12)14-11(13)10(2)3;1-9(2)10(12)13-11(3)7-5-4-6-8-11;1-4-11(7-5-6-8-11)13-10(12)9(2)3;1-8(2)9(11)12-10(3)6-4-5-7-10;1-6-9(4,5)11-8(10)7(2)3;1-6(2)7(9)10-8(3,4)5/h10-13H,1,4-8H2,2-3H3;2,4-9H2,1,3H3;1,4-8H2,2-3H3;2,4-8H2,1,3H3;1,4-7H2,2-3H3;2,6H2,1,3-5H3;1H2,2-5H3. The van der Waals surface area contributed by atoms with Crippen molar-refractivity contribution in [2.24, 2.45) is 23.7 Å². The van der Waals surface area contributed by atoms with Crippen molar-refractivity contribution in [3.05, 3.63) is 85.1 Å². The third-order valence-electron chi connectivity index (χ3n) is 18.6. The van der Waals surface area contributed by atoms with Gasteiger partial charge in [-0.15, -0.1) is 0 Å². The normalized spacial score (nSPS) is 23.1. The van der Waals surface area contributed by atoms with Crippen molar-refractivity contribution in [1.82, 2.24) is 0 Å². The van der Waals surface area contributed by atoms with Gasteiger partial charge in [0.25, 0.3) is 0 Å². The molecule has 8 saturated carbocycles. The molecule has 0 unspecified atom stereocenters. The van der Waals surface area contributed by atoms with Gasteiger partial charge in [-0.05, 0) is 282 Å². The van der Waals surface area contributed by atoms with Crippen LogP contribution in [0.3, 0.4) is 0 Å². The number of carbonyl (C=O) groups is 7. The van der Waals surface area contributed by atoms with E-state index in [1.807, 2.05) is 55.4 Å². The van der Waals surface area contributed by atoms with Crippen LogP contribution in [0.5, 0.6) is 0 Å². The highest BCUT2D eigenvalue weighted by molar-refractivity contribution is 5.89. The average molecular weight is 1260 g/mol. The molecule has 0 aromatic heterocycles. The van der Waals surface area contributed by atoms with Crippen molar-refractivity contribution >= 4 is 41.8 Å². The van der Waals surface area contributed by atoms with Crippen LogP contribution in [0.15, 0.2) is 85.1 Å². The lowest BCUT2D eigenvalue weighted by atomic mass is 9.50. The lowest BCUT2D eigenvalue weighted by Crippen LogP contribution is -2.58. The maximum absolute atomic E-state index is 11.8. The van der Waals surface area contributed by atoms with Crippen molar-refractivity contribution in [3.63, 3.8) is 0 Å². The molecule has 0 radical (unpaired) electrons. The number of ether oxygens (including phenoxy) is 7. The SMILES string of the molecule is C=C(C)C(=O)OC(C)(C)C.C=C(C)C(=O)OC(C)(C)CC.C=C(C)C(=O)OC1(C)C2CC3CC(C2)CC1C3.C=C(C)C(=O)OC1(C)CCCC1.C=C(C)C(=O)OC1(C)CCCCC1.C=C(C)C(=O)OC1(CC)CCCC1.C=C(C)C(=O)OC1(CC)CCCCC1. The molecular formula is C76H124O14. The molecule has 14 nitrogen and oxygen atoms in total. The Morgan fingerprint density at radius 3 is 0.878 bits per heavy atom. The number of carbonyl (C=O) groups excluding carboxylic acids is 7. The van der Waals surface area contributed by atoms with Crippen LogP contribution in [-0.4, -0.2) is 81.0 Å². The van der Waals surface area contributed by atoms with Crippen molar-refractivity contribution in [2.75, 3.05) is 0 Å². The van der Waals surface area contributed by atoms with Gasteiger partial charge in [0.1, 0.15) is 39.2 Å². The predicted octanol–water partition coefficient (Wildman–Crippen LogP) is 18.8. The Morgan fingerprint density at radius 1 is 0.356 bits per heavy atom. The van der Waals surface area contributed by atoms with E-state index in [4.69, 9.17) is 33.2 Å². The van der Waals surface area contributed by atoms with E-state index in [9.17, 15) is 33.6 Å². The van der Waals surface area contributed by atoms with Gasteiger partial charge in [0.15, 0.2) is 0 Å². The fourth-order valence-electron chi connectivity index (χ4n) is 12.4. The minimum Gasteiger partial charge on any atom is -0.457 e. The smallest absolute Gasteiger partial charge is 0.333 e. The third-order valence-corrected chi connectivity index (χ3v) is 18.6. The van der Waals surface area contributed by atoms with E-state index in [0.717, 1.165) is 82.5 Å². The van der Waals surface area contributed by atoms with Crippen LogP contribution < -0.4 is 0 Å². The second-order valence-corrected chi connectivity index (χ2v) is 29.4. The summed E-state index contributed by atoms with van der Waals surface area (Å²) in [4.78, 5) is 78.9. The first-order valence-corrected chi connectivity index (χ1v) is 33.7. The summed E-state index contributed by atoms with van der Waals surface area (Å²) in [5.74, 6) is 1.23. The Kier molecular flexibility index (Phi) is 34.1. The first-order valence-electron chi connectivity index (χ1n) is 33.7. The maximum Gasteiger partial charge on any atom is 0.333 e. The van der Waals surface area contributed by atoms with Gasteiger partial charge in [-0.3, -0.25) is 0 Å². The summed E-state index contributed by atoms with van der Waals surface area (Å²) in [6.07, 6.45) is 29.1. The monoisotopic (exact) mass is 1260 g/mol. The average Bonchev–Trinajstić information content (AvgIpc) is 0.909. The predicted molar refractivity (Wildman–Crippen MR) is 362 cm³/mol. The molecule has 512 valence electrons. The molecule has 0 amide bonds. The quantitative estimate of drug-likeness (QED) is 0.0807. The van der Waals surface area contributed by atoms with E-state index in [0.29, 0.717) is 50.8 Å². The fraction of sp³-hybridized carbons (Fsp3) is 0.724. The van der Waals surface area contributed by atoms with Crippen LogP contribution in [0, 0.1) is 23.7 Å². The van der Waals surface area contributed by atoms with Crippen LogP contribution in [0.4, 0.5) is 0 Å². The van der Waals surface area contributed by atoms with Crippen LogP contribution in [-0.2, 0) is 66.7 Å². The van der Waals surface area contributed by atoms with Crippen LogP contribution in [0.1, 0.15) is 292 Å². The minimum absolute atomic E-state index is 0.171. The molecule has 4 bridgehead atoms. The molecular weight excluding hydrogens is 1140 g/mol. The van der Waals surface area contributed by atoms with E-state index in [2.05, 4.69) is 66.8 Å². The molecule has 0 saturated heterocycles. The molecule has 90 heavy (non-hydrogen) atoms. The highest BCUT2D eigenvalue weighted by atomic mass is 16.6.